The van der Waals surface area contributed by atoms with E-state index in [1.165, 1.54) is 5.56 Å². The second-order valence-corrected chi connectivity index (χ2v) is 7.27. The maximum absolute atomic E-state index is 12.6. The van der Waals surface area contributed by atoms with Gasteiger partial charge < -0.3 is 19.0 Å². The zero-order chi connectivity index (χ0) is 20.8. The molecular formula is C21H27N5O3. The summed E-state index contributed by atoms with van der Waals surface area (Å²) in [6.45, 7) is 7.74. The zero-order valence-electron chi connectivity index (χ0n) is 17.2. The predicted molar refractivity (Wildman–Crippen MR) is 109 cm³/mol. The third kappa shape index (κ3) is 5.48. The Hall–Kier alpha value is -3.05. The van der Waals surface area contributed by atoms with Crippen LogP contribution >= 0.6 is 0 Å². The highest BCUT2D eigenvalue weighted by molar-refractivity contribution is 5.78. The van der Waals surface area contributed by atoms with Gasteiger partial charge in [-0.1, -0.05) is 17.7 Å². The van der Waals surface area contributed by atoms with Gasteiger partial charge in [0.2, 0.25) is 17.5 Å². The molecule has 3 rings (SSSR count). The molecule has 1 aromatic heterocycles. The number of likely N-dealkylation sites (N-methyl/N-ethyl adjacent to an activating group) is 1. The average Bonchev–Trinajstić information content (AvgIpc) is 3.10. The van der Waals surface area contributed by atoms with Crippen molar-refractivity contribution >= 4 is 11.8 Å². The molecule has 8 heteroatoms. The lowest BCUT2D eigenvalue weighted by Crippen LogP contribution is -2.51. The maximum atomic E-state index is 12.6. The highest BCUT2D eigenvalue weighted by atomic mass is 16.5. The van der Waals surface area contributed by atoms with Gasteiger partial charge in [0.05, 0.1) is 6.54 Å². The molecule has 1 fully saturated rings. The van der Waals surface area contributed by atoms with Gasteiger partial charge in [0.15, 0.2) is 5.89 Å². The largest absolute Gasteiger partial charge is 0.492 e. The van der Waals surface area contributed by atoms with E-state index in [-0.39, 0.29) is 5.91 Å². The van der Waals surface area contributed by atoms with E-state index >= 15 is 0 Å². The maximum Gasteiger partial charge on any atom is 0.236 e. The quantitative estimate of drug-likeness (QED) is 0.704. The van der Waals surface area contributed by atoms with Crippen LogP contribution in [0.15, 0.2) is 28.7 Å². The van der Waals surface area contributed by atoms with Crippen molar-refractivity contribution in [3.8, 4) is 11.8 Å². The molecule has 2 heterocycles. The van der Waals surface area contributed by atoms with Crippen molar-refractivity contribution in [1.82, 2.24) is 14.8 Å². The summed E-state index contributed by atoms with van der Waals surface area (Å²) in [4.78, 5) is 22.5. The Labute approximate surface area is 171 Å². The van der Waals surface area contributed by atoms with E-state index in [1.54, 1.807) is 6.92 Å². The summed E-state index contributed by atoms with van der Waals surface area (Å²) in [5.74, 6) is 1.91. The molecule has 29 heavy (non-hydrogen) atoms. The van der Waals surface area contributed by atoms with Crippen LogP contribution in [0.3, 0.4) is 0 Å². The number of aromatic nitrogens is 1. The Bertz CT molecular complexity index is 863. The first-order valence-electron chi connectivity index (χ1n) is 9.74. The molecule has 154 valence electrons. The Morgan fingerprint density at radius 3 is 2.59 bits per heavy atom. The summed E-state index contributed by atoms with van der Waals surface area (Å²) in [6.07, 6.45) is 0. The fourth-order valence-corrected chi connectivity index (χ4v) is 3.23. The highest BCUT2D eigenvalue weighted by Crippen LogP contribution is 2.22. The van der Waals surface area contributed by atoms with Gasteiger partial charge in [-0.25, -0.2) is 4.98 Å². The van der Waals surface area contributed by atoms with Crippen molar-refractivity contribution in [2.45, 2.75) is 13.8 Å². The van der Waals surface area contributed by atoms with Crippen LogP contribution < -0.4 is 9.64 Å². The van der Waals surface area contributed by atoms with E-state index in [9.17, 15) is 10.1 Å². The van der Waals surface area contributed by atoms with Gasteiger partial charge in [-0.2, -0.15) is 5.26 Å². The van der Waals surface area contributed by atoms with E-state index in [0.29, 0.717) is 63.3 Å². The molecule has 2 aromatic rings. The third-order valence-corrected chi connectivity index (χ3v) is 4.91. The predicted octanol–water partition coefficient (Wildman–Crippen LogP) is 1.82. The summed E-state index contributed by atoms with van der Waals surface area (Å²) in [5, 5.41) is 9.18. The van der Waals surface area contributed by atoms with Crippen LogP contribution in [0.1, 0.15) is 17.1 Å². The molecule has 0 radical (unpaired) electrons. The molecular weight excluding hydrogens is 370 g/mol. The van der Waals surface area contributed by atoms with Crippen molar-refractivity contribution in [2.24, 2.45) is 0 Å². The van der Waals surface area contributed by atoms with Gasteiger partial charge in [-0.05, 0) is 26.1 Å². The number of nitriles is 1. The molecule has 1 aromatic carbocycles. The number of benzene rings is 1. The van der Waals surface area contributed by atoms with Crippen LogP contribution in [-0.2, 0) is 4.79 Å². The summed E-state index contributed by atoms with van der Waals surface area (Å²) < 4.78 is 11.3. The van der Waals surface area contributed by atoms with Gasteiger partial charge in [-0.15, -0.1) is 0 Å². The Morgan fingerprint density at radius 1 is 1.24 bits per heavy atom. The molecule has 0 aliphatic carbocycles. The second kappa shape index (κ2) is 9.43. The normalized spacial score (nSPS) is 14.2. The number of hydrogen-bond donors (Lipinski definition) is 0. The summed E-state index contributed by atoms with van der Waals surface area (Å²) in [7, 11) is 1.92. The van der Waals surface area contributed by atoms with E-state index < -0.39 is 0 Å². The number of aryl methyl sites for hydroxylation is 2. The molecule has 0 unspecified atom stereocenters. The fourth-order valence-electron chi connectivity index (χ4n) is 3.23. The number of ether oxygens (including phenoxy) is 1. The molecule has 0 saturated carbocycles. The topological polar surface area (TPSA) is 85.8 Å². The fraction of sp³-hybridized carbons (Fsp3) is 0.476. The van der Waals surface area contributed by atoms with Gasteiger partial charge in [-0.3, -0.25) is 9.69 Å². The molecule has 0 bridgehead atoms. The van der Waals surface area contributed by atoms with Gasteiger partial charge in [0.1, 0.15) is 18.4 Å². The lowest BCUT2D eigenvalue weighted by molar-refractivity contribution is -0.132. The average molecular weight is 397 g/mol. The van der Waals surface area contributed by atoms with Crippen LogP contribution in [0.4, 0.5) is 5.88 Å². The number of anilines is 1. The molecule has 0 N–H and O–H groups in total. The number of piperazine rings is 1. The van der Waals surface area contributed by atoms with Crippen LogP contribution in [-0.4, -0.2) is 73.6 Å². The molecule has 1 aliphatic heterocycles. The van der Waals surface area contributed by atoms with Crippen LogP contribution in [0.5, 0.6) is 5.75 Å². The van der Waals surface area contributed by atoms with Gasteiger partial charge in [0.25, 0.3) is 0 Å². The van der Waals surface area contributed by atoms with E-state index in [4.69, 9.17) is 9.15 Å². The summed E-state index contributed by atoms with van der Waals surface area (Å²) in [6, 6.07) is 10.00. The Balaban J connectivity index is 1.41. The molecule has 8 nitrogen and oxygen atoms in total. The number of hydrogen-bond acceptors (Lipinski definition) is 7. The minimum Gasteiger partial charge on any atom is -0.492 e. The third-order valence-electron chi connectivity index (χ3n) is 4.91. The first-order valence-corrected chi connectivity index (χ1v) is 9.74. The molecule has 1 aliphatic rings. The van der Waals surface area contributed by atoms with Crippen LogP contribution in [0.25, 0.3) is 0 Å². The smallest absolute Gasteiger partial charge is 0.236 e. The van der Waals surface area contributed by atoms with Crippen molar-refractivity contribution in [3.63, 3.8) is 0 Å². The van der Waals surface area contributed by atoms with Crippen LogP contribution in [0, 0.1) is 25.2 Å². The summed E-state index contributed by atoms with van der Waals surface area (Å²) in [5.41, 5.74) is 1.50. The Kier molecular flexibility index (Phi) is 6.73. The minimum absolute atomic E-state index is 0.0942. The molecule has 0 atom stereocenters. The first kappa shape index (κ1) is 20.7. The van der Waals surface area contributed by atoms with E-state index in [2.05, 4.69) is 11.1 Å². The lowest BCUT2D eigenvalue weighted by atomic mass is 10.2. The standard InChI is InChI=1S/C21H27N5O3/c1-16-4-6-18(7-5-16)28-13-12-24(3)15-20(27)25-8-10-26(11-9-25)21-19(14-22)23-17(2)29-21/h4-7H,8-13,15H2,1-3H3. The van der Waals surface area contributed by atoms with Crippen LogP contribution in [0.2, 0.25) is 0 Å². The molecule has 1 saturated heterocycles. The number of carbonyl (C=O) groups is 1. The molecule has 0 spiro atoms. The van der Waals surface area contributed by atoms with Crippen molar-refractivity contribution in [1.29, 1.82) is 5.26 Å². The SMILES string of the molecule is Cc1ccc(OCCN(C)CC(=O)N2CCN(c3oc(C)nc3C#N)CC2)cc1. The van der Waals surface area contributed by atoms with Gasteiger partial charge in [0, 0.05) is 39.6 Å². The Morgan fingerprint density at radius 2 is 1.93 bits per heavy atom. The van der Waals surface area contributed by atoms with Crippen molar-refractivity contribution < 1.29 is 13.9 Å². The second-order valence-electron chi connectivity index (χ2n) is 7.27. The van der Waals surface area contributed by atoms with E-state index in [0.717, 1.165) is 5.75 Å². The number of rotatable bonds is 7. The minimum atomic E-state index is 0.0942. The molecule has 1 amide bonds. The first-order chi connectivity index (χ1) is 14.0. The number of carbonyl (C=O) groups excluding carboxylic acids is 1. The zero-order valence-corrected chi connectivity index (χ0v) is 17.2. The van der Waals surface area contributed by atoms with Gasteiger partial charge >= 0.3 is 0 Å². The van der Waals surface area contributed by atoms with E-state index in [1.807, 2.05) is 52.9 Å². The monoisotopic (exact) mass is 397 g/mol. The summed E-state index contributed by atoms with van der Waals surface area (Å²) >= 11 is 0. The van der Waals surface area contributed by atoms with Crippen molar-refractivity contribution in [2.75, 3.05) is 57.8 Å². The number of nitrogens with zero attached hydrogens (tertiary/aromatic N) is 5. The number of amides is 1. The lowest BCUT2D eigenvalue weighted by Gasteiger charge is -2.35. The number of oxazole rings is 1. The highest BCUT2D eigenvalue weighted by Gasteiger charge is 2.26. The van der Waals surface area contributed by atoms with Crippen molar-refractivity contribution in [3.05, 3.63) is 41.4 Å².